The van der Waals surface area contributed by atoms with E-state index in [2.05, 4.69) is 5.32 Å². The van der Waals surface area contributed by atoms with E-state index in [0.29, 0.717) is 25.9 Å². The Labute approximate surface area is 170 Å². The second kappa shape index (κ2) is 10.2. The van der Waals surface area contributed by atoms with Gasteiger partial charge in [-0.25, -0.2) is 0 Å². The normalized spacial score (nSPS) is 17.2. The van der Waals surface area contributed by atoms with Crippen molar-refractivity contribution in [2.24, 2.45) is 0 Å². The summed E-state index contributed by atoms with van der Waals surface area (Å²) < 4.78 is 4.99. The van der Waals surface area contributed by atoms with Crippen LogP contribution >= 0.6 is 0 Å². The van der Waals surface area contributed by atoms with Gasteiger partial charge in [-0.2, -0.15) is 0 Å². The highest BCUT2D eigenvalue weighted by atomic mass is 16.6. The molecule has 0 aliphatic carbocycles. The minimum atomic E-state index is -1.99. The summed E-state index contributed by atoms with van der Waals surface area (Å²) in [5.74, 6) is -0.137. The second-order valence-corrected chi connectivity index (χ2v) is 7.11. The van der Waals surface area contributed by atoms with Gasteiger partial charge in [0, 0.05) is 38.3 Å². The zero-order valence-electron chi connectivity index (χ0n) is 16.1. The monoisotopic (exact) mass is 396 g/mol. The van der Waals surface area contributed by atoms with Crippen LogP contribution in [0.4, 0.5) is 0 Å². The maximum Gasteiger partial charge on any atom is 0.635 e. The number of nitrogens with zero attached hydrogens (tertiary/aromatic N) is 1. The van der Waals surface area contributed by atoms with Crippen LogP contribution in [0, 0.1) is 0 Å². The molecule has 0 radical (unpaired) electrons. The summed E-state index contributed by atoms with van der Waals surface area (Å²) in [5, 5.41) is 20.9. The third kappa shape index (κ3) is 6.42. The third-order valence-electron chi connectivity index (χ3n) is 4.97. The average Bonchev–Trinajstić information content (AvgIpc) is 3.08. The van der Waals surface area contributed by atoms with Gasteiger partial charge >= 0.3 is 7.32 Å². The van der Waals surface area contributed by atoms with E-state index in [1.165, 1.54) is 0 Å². The average molecular weight is 396 g/mol. The van der Waals surface area contributed by atoms with E-state index in [0.717, 1.165) is 11.1 Å². The molecule has 0 aromatic heterocycles. The van der Waals surface area contributed by atoms with E-state index in [1.54, 1.807) is 4.90 Å². The molecule has 1 unspecified atom stereocenters. The summed E-state index contributed by atoms with van der Waals surface area (Å²) in [5.41, 5.74) is 2.01. The Kier molecular flexibility index (Phi) is 7.40. The molecule has 0 bridgehead atoms. The number of nitrogens with one attached hydrogen (secondary N) is 1. The molecule has 0 spiro atoms. The lowest BCUT2D eigenvalue weighted by Crippen LogP contribution is -2.43. The van der Waals surface area contributed by atoms with E-state index in [1.807, 2.05) is 60.7 Å². The van der Waals surface area contributed by atoms with Crippen LogP contribution in [0.25, 0.3) is 0 Å². The molecule has 3 rings (SSSR count). The maximum absolute atomic E-state index is 12.3. The first-order valence-electron chi connectivity index (χ1n) is 9.69. The van der Waals surface area contributed by atoms with Crippen molar-refractivity contribution in [1.29, 1.82) is 0 Å². The Morgan fingerprint density at radius 2 is 1.79 bits per heavy atom. The zero-order valence-corrected chi connectivity index (χ0v) is 16.1. The molecule has 1 heterocycles. The minimum absolute atomic E-state index is 0.0366. The number of rotatable bonds is 9. The molecular weight excluding hydrogens is 371 g/mol. The van der Waals surface area contributed by atoms with Gasteiger partial charge in [0.2, 0.25) is 11.8 Å². The highest BCUT2D eigenvalue weighted by Gasteiger charge is 2.30. The summed E-state index contributed by atoms with van der Waals surface area (Å²) in [6.07, 6.45) is -0.0229. The lowest BCUT2D eigenvalue weighted by atomic mass is 9.99. The molecule has 0 saturated carbocycles. The molecule has 2 aromatic carbocycles. The Hall–Kier alpha value is -2.68. The van der Waals surface area contributed by atoms with Gasteiger partial charge in [-0.1, -0.05) is 60.7 Å². The van der Waals surface area contributed by atoms with Gasteiger partial charge in [0.05, 0.1) is 0 Å². The fourth-order valence-electron chi connectivity index (χ4n) is 3.53. The number of likely N-dealkylation sites (tertiary alicyclic amines) is 1. The van der Waals surface area contributed by atoms with Crippen molar-refractivity contribution < 1.29 is 24.3 Å². The molecule has 2 amide bonds. The zero-order chi connectivity index (χ0) is 20.6. The topological polar surface area (TPSA) is 99.1 Å². The summed E-state index contributed by atoms with van der Waals surface area (Å²) in [6, 6.07) is 19.2. The second-order valence-electron chi connectivity index (χ2n) is 7.11. The number of hydrogen-bond donors (Lipinski definition) is 3. The summed E-state index contributed by atoms with van der Waals surface area (Å²) in [4.78, 5) is 26.3. The predicted molar refractivity (Wildman–Crippen MR) is 108 cm³/mol. The Morgan fingerprint density at radius 1 is 1.14 bits per heavy atom. The van der Waals surface area contributed by atoms with Crippen LogP contribution in [-0.4, -0.2) is 53.4 Å². The Morgan fingerprint density at radius 3 is 2.45 bits per heavy atom. The van der Waals surface area contributed by atoms with Crippen molar-refractivity contribution in [3.05, 3.63) is 71.8 Å². The van der Waals surface area contributed by atoms with Crippen molar-refractivity contribution in [2.75, 3.05) is 13.1 Å². The smallest absolute Gasteiger partial charge is 0.402 e. The molecular formula is C21H25BN2O5. The number of amides is 2. The van der Waals surface area contributed by atoms with Gasteiger partial charge in [0.1, 0.15) is 6.23 Å². The van der Waals surface area contributed by atoms with E-state index < -0.39 is 13.5 Å². The minimum Gasteiger partial charge on any atom is -0.402 e. The molecule has 1 fully saturated rings. The van der Waals surface area contributed by atoms with Gasteiger partial charge in [-0.15, -0.1) is 0 Å². The van der Waals surface area contributed by atoms with Crippen LogP contribution in [0.15, 0.2) is 60.7 Å². The van der Waals surface area contributed by atoms with Crippen LogP contribution < -0.4 is 5.32 Å². The molecule has 1 aliphatic heterocycles. The van der Waals surface area contributed by atoms with Gasteiger partial charge in [-0.05, 0) is 11.1 Å². The SMILES string of the molecule is O=C(CCN1CC(c2ccccc2)CC1=O)N[C@@H](Cc1ccccc1)OB(O)O. The fraction of sp³-hybridized carbons (Fsp3) is 0.333. The first kappa shape index (κ1) is 21.0. The first-order chi connectivity index (χ1) is 14.0. The van der Waals surface area contributed by atoms with Crippen molar-refractivity contribution in [2.45, 2.75) is 31.4 Å². The van der Waals surface area contributed by atoms with E-state index in [-0.39, 0.29) is 24.2 Å². The molecule has 2 aromatic rings. The fourth-order valence-corrected chi connectivity index (χ4v) is 3.53. The van der Waals surface area contributed by atoms with Crippen LogP contribution in [-0.2, 0) is 20.7 Å². The van der Waals surface area contributed by atoms with E-state index in [9.17, 15) is 9.59 Å². The van der Waals surface area contributed by atoms with Crippen molar-refractivity contribution in [3.8, 4) is 0 Å². The van der Waals surface area contributed by atoms with Gasteiger partial charge < -0.3 is 24.9 Å². The lowest BCUT2D eigenvalue weighted by molar-refractivity contribution is -0.129. The first-order valence-corrected chi connectivity index (χ1v) is 9.69. The third-order valence-corrected chi connectivity index (χ3v) is 4.97. The van der Waals surface area contributed by atoms with E-state index in [4.69, 9.17) is 14.7 Å². The summed E-state index contributed by atoms with van der Waals surface area (Å²) in [6.45, 7) is 0.906. The molecule has 3 N–H and O–H groups in total. The quantitative estimate of drug-likeness (QED) is 0.435. The van der Waals surface area contributed by atoms with Gasteiger partial charge in [0.25, 0.3) is 0 Å². The van der Waals surface area contributed by atoms with Crippen LogP contribution in [0.2, 0.25) is 0 Å². The van der Waals surface area contributed by atoms with Crippen LogP contribution in [0.3, 0.4) is 0 Å². The molecule has 2 atom stereocenters. The summed E-state index contributed by atoms with van der Waals surface area (Å²) in [7, 11) is -1.99. The maximum atomic E-state index is 12.3. The number of carbonyl (C=O) groups is 2. The molecule has 1 saturated heterocycles. The van der Waals surface area contributed by atoms with Crippen LogP contribution in [0.5, 0.6) is 0 Å². The number of hydrogen-bond acceptors (Lipinski definition) is 5. The van der Waals surface area contributed by atoms with Crippen molar-refractivity contribution in [1.82, 2.24) is 10.2 Å². The van der Waals surface area contributed by atoms with Crippen LogP contribution in [0.1, 0.15) is 29.9 Å². The number of benzene rings is 2. The number of carbonyl (C=O) groups excluding carboxylic acids is 2. The van der Waals surface area contributed by atoms with Crippen molar-refractivity contribution >= 4 is 19.1 Å². The molecule has 29 heavy (non-hydrogen) atoms. The largest absolute Gasteiger partial charge is 0.635 e. The summed E-state index contributed by atoms with van der Waals surface area (Å²) >= 11 is 0. The molecule has 152 valence electrons. The van der Waals surface area contributed by atoms with Crippen molar-refractivity contribution in [3.63, 3.8) is 0 Å². The highest BCUT2D eigenvalue weighted by Crippen LogP contribution is 2.27. The lowest BCUT2D eigenvalue weighted by Gasteiger charge is -2.21. The Balaban J connectivity index is 1.50. The molecule has 7 nitrogen and oxygen atoms in total. The molecule has 1 aliphatic rings. The standard InChI is InChI=1S/C21H25BN2O5/c25-19(23-20(29-22(27)28)13-16-7-3-1-4-8-16)11-12-24-15-18(14-21(24)26)17-9-5-2-6-10-17/h1-10,18,20,27-28H,11-15H2,(H,23,25)/t18?,20-/m1/s1. The van der Waals surface area contributed by atoms with Gasteiger partial charge in [0.15, 0.2) is 0 Å². The van der Waals surface area contributed by atoms with Gasteiger partial charge in [-0.3, -0.25) is 9.59 Å². The Bertz CT molecular complexity index is 803. The highest BCUT2D eigenvalue weighted by molar-refractivity contribution is 6.32. The predicted octanol–water partition coefficient (Wildman–Crippen LogP) is 1.06. The molecule has 8 heteroatoms. The van der Waals surface area contributed by atoms with E-state index >= 15 is 0 Å².